The fourth-order valence-electron chi connectivity index (χ4n) is 6.12. The molecule has 0 radical (unpaired) electrons. The average Bonchev–Trinajstić information content (AvgIpc) is 3.52. The van der Waals surface area contributed by atoms with Crippen molar-refractivity contribution in [2.45, 2.75) is 28.1 Å². The molecule has 1 unspecified atom stereocenters. The van der Waals surface area contributed by atoms with Gasteiger partial charge in [-0.3, -0.25) is 20.3 Å². The van der Waals surface area contributed by atoms with Crippen LogP contribution in [0.2, 0.25) is 0 Å². The number of alkyl halides is 1. The Kier molecular flexibility index (Phi) is 9.87. The van der Waals surface area contributed by atoms with Gasteiger partial charge in [0.05, 0.1) is 16.2 Å². The van der Waals surface area contributed by atoms with E-state index in [9.17, 15) is 14.0 Å². The molecule has 1 aromatic heterocycles. The third-order valence-corrected chi connectivity index (χ3v) is 11.5. The second-order valence-electron chi connectivity index (χ2n) is 11.6. The van der Waals surface area contributed by atoms with Crippen LogP contribution in [0.15, 0.2) is 79.1 Å². The van der Waals surface area contributed by atoms with Crippen molar-refractivity contribution in [2.75, 3.05) is 43.2 Å². The SMILES string of the molecule is CS[C@@]1(C(=O)Nc2ccc(NN)c(C(I)c3ccc(F)cc3)c2)CCN(CC(=O)N2CCc3cc(-c4ncccn4)ccc3C2)C1. The normalized spacial score (nSPS) is 18.6. The van der Waals surface area contributed by atoms with Crippen molar-refractivity contribution in [3.8, 4) is 11.4 Å². The number of anilines is 2. The van der Waals surface area contributed by atoms with Gasteiger partial charge in [-0.1, -0.05) is 46.9 Å². The number of likely N-dealkylation sites (tertiary alicyclic amines) is 1. The Morgan fingerprint density at radius 1 is 1.07 bits per heavy atom. The first-order chi connectivity index (χ1) is 22.3. The number of thioether (sulfide) groups is 1. The molecule has 238 valence electrons. The molecule has 6 rings (SSSR count). The monoisotopic (exact) mass is 751 g/mol. The van der Waals surface area contributed by atoms with E-state index in [4.69, 9.17) is 5.84 Å². The van der Waals surface area contributed by atoms with Gasteiger partial charge in [-0.15, -0.1) is 11.8 Å². The lowest BCUT2D eigenvalue weighted by molar-refractivity contribution is -0.133. The van der Waals surface area contributed by atoms with E-state index in [2.05, 4.69) is 60.3 Å². The summed E-state index contributed by atoms with van der Waals surface area (Å²) in [5.41, 5.74) is 9.24. The number of nitrogens with zero attached hydrogens (tertiary/aromatic N) is 4. The van der Waals surface area contributed by atoms with E-state index >= 15 is 0 Å². The quantitative estimate of drug-likeness (QED) is 0.0899. The molecular formula is C34H35FIN7O2S. The predicted octanol–water partition coefficient (Wildman–Crippen LogP) is 5.42. The number of hydrogen-bond acceptors (Lipinski definition) is 8. The highest BCUT2D eigenvalue weighted by Crippen LogP contribution is 2.39. The number of carbonyl (C=O) groups is 2. The molecular weight excluding hydrogens is 716 g/mol. The van der Waals surface area contributed by atoms with Crippen LogP contribution in [0.1, 0.15) is 32.6 Å². The number of nitrogen functional groups attached to an aromatic ring is 1. The van der Waals surface area contributed by atoms with Crippen molar-refractivity contribution in [3.05, 3.63) is 107 Å². The molecule has 1 saturated heterocycles. The van der Waals surface area contributed by atoms with Crippen LogP contribution in [0, 0.1) is 5.82 Å². The number of fused-ring (bicyclic) bond motifs is 1. The summed E-state index contributed by atoms with van der Waals surface area (Å²) in [7, 11) is 0. The highest BCUT2D eigenvalue weighted by molar-refractivity contribution is 14.1. The molecule has 4 N–H and O–H groups in total. The van der Waals surface area contributed by atoms with E-state index in [1.807, 2.05) is 35.4 Å². The largest absolute Gasteiger partial charge is 0.337 e. The molecule has 2 aliphatic rings. The van der Waals surface area contributed by atoms with Gasteiger partial charge in [-0.2, -0.15) is 0 Å². The highest BCUT2D eigenvalue weighted by atomic mass is 127. The average molecular weight is 752 g/mol. The molecule has 46 heavy (non-hydrogen) atoms. The van der Waals surface area contributed by atoms with Crippen LogP contribution < -0.4 is 16.6 Å². The Labute approximate surface area is 285 Å². The molecule has 2 atom stereocenters. The van der Waals surface area contributed by atoms with Crippen LogP contribution in [0.5, 0.6) is 0 Å². The van der Waals surface area contributed by atoms with Crippen molar-refractivity contribution in [2.24, 2.45) is 5.84 Å². The van der Waals surface area contributed by atoms with Crippen molar-refractivity contribution < 1.29 is 14.0 Å². The zero-order chi connectivity index (χ0) is 32.3. The first-order valence-electron chi connectivity index (χ1n) is 15.0. The molecule has 3 aromatic carbocycles. The summed E-state index contributed by atoms with van der Waals surface area (Å²) in [4.78, 5) is 39.9. The Hall–Kier alpha value is -3.59. The number of amides is 2. The first kappa shape index (κ1) is 32.4. The van der Waals surface area contributed by atoms with Crippen LogP contribution in [0.3, 0.4) is 0 Å². The molecule has 4 aromatic rings. The number of hydrogen-bond donors (Lipinski definition) is 3. The smallest absolute Gasteiger partial charge is 0.241 e. The topological polar surface area (TPSA) is 116 Å². The summed E-state index contributed by atoms with van der Waals surface area (Å²) in [6, 6.07) is 19.9. The summed E-state index contributed by atoms with van der Waals surface area (Å²) in [5.74, 6) is 6.18. The fourth-order valence-corrected chi connectivity index (χ4v) is 7.89. The number of nitrogens with two attached hydrogens (primary N) is 1. The second kappa shape index (κ2) is 14.0. The number of benzene rings is 3. The van der Waals surface area contributed by atoms with E-state index in [-0.39, 0.29) is 28.1 Å². The van der Waals surface area contributed by atoms with E-state index in [0.29, 0.717) is 44.1 Å². The summed E-state index contributed by atoms with van der Waals surface area (Å²) in [6.45, 7) is 2.63. The maximum atomic E-state index is 13.8. The Morgan fingerprint density at radius 2 is 1.85 bits per heavy atom. The summed E-state index contributed by atoms with van der Waals surface area (Å²) < 4.78 is 12.7. The first-order valence-corrected chi connectivity index (χ1v) is 17.5. The van der Waals surface area contributed by atoms with E-state index in [0.717, 1.165) is 34.4 Å². The molecule has 9 nitrogen and oxygen atoms in total. The number of nitrogens with one attached hydrogen (secondary N) is 2. The van der Waals surface area contributed by atoms with Crippen molar-refractivity contribution >= 4 is 57.5 Å². The number of carbonyl (C=O) groups excluding carboxylic acids is 2. The third kappa shape index (κ3) is 6.89. The maximum Gasteiger partial charge on any atom is 0.241 e. The fraction of sp³-hybridized carbons (Fsp3) is 0.294. The standard InChI is InChI=1S/C34H35FIN7O2S/c1-46-34(33(45)40-27-9-10-29(41-37)28(18-27)31(36)22-5-7-26(35)8-6-22)12-16-42(21-34)20-30(44)43-15-11-23-17-24(3-4-25(23)19-43)32-38-13-2-14-39-32/h2-10,13-14,17-18,31,41H,11-12,15-16,19-21,37H2,1H3,(H,40,45)/t31?,34-/m0/s1. The molecule has 0 bridgehead atoms. The van der Waals surface area contributed by atoms with Gasteiger partial charge in [-0.05, 0) is 83.8 Å². The Balaban J connectivity index is 1.09. The van der Waals surface area contributed by atoms with Gasteiger partial charge in [-0.25, -0.2) is 14.4 Å². The number of hydrazine groups is 1. The van der Waals surface area contributed by atoms with Crippen LogP contribution in [-0.4, -0.2) is 68.8 Å². The van der Waals surface area contributed by atoms with Crippen LogP contribution >= 0.6 is 34.4 Å². The van der Waals surface area contributed by atoms with Crippen molar-refractivity contribution in [3.63, 3.8) is 0 Å². The van der Waals surface area contributed by atoms with Crippen molar-refractivity contribution in [1.82, 2.24) is 19.8 Å². The van der Waals surface area contributed by atoms with E-state index in [1.54, 1.807) is 30.6 Å². The number of halogens is 2. The van der Waals surface area contributed by atoms with Crippen molar-refractivity contribution in [1.29, 1.82) is 0 Å². The van der Waals surface area contributed by atoms with Crippen LogP contribution in [0.25, 0.3) is 11.4 Å². The predicted molar refractivity (Wildman–Crippen MR) is 189 cm³/mol. The van der Waals surface area contributed by atoms with Gasteiger partial charge in [0.2, 0.25) is 11.8 Å². The lowest BCUT2D eigenvalue weighted by atomic mass is 9.97. The van der Waals surface area contributed by atoms with Crippen LogP contribution in [0.4, 0.5) is 15.8 Å². The number of aromatic nitrogens is 2. The molecule has 12 heteroatoms. The maximum absolute atomic E-state index is 13.8. The minimum absolute atomic E-state index is 0.0711. The molecule has 2 aliphatic heterocycles. The second-order valence-corrected chi connectivity index (χ2v) is 14.0. The minimum Gasteiger partial charge on any atom is -0.337 e. The minimum atomic E-state index is -0.684. The van der Waals surface area contributed by atoms with Gasteiger partial charge >= 0.3 is 0 Å². The van der Waals surface area contributed by atoms with E-state index in [1.165, 1.54) is 29.5 Å². The number of rotatable bonds is 9. The van der Waals surface area contributed by atoms with Crippen LogP contribution in [-0.2, 0) is 22.6 Å². The molecule has 0 saturated carbocycles. The van der Waals surface area contributed by atoms with E-state index < -0.39 is 4.75 Å². The Morgan fingerprint density at radius 3 is 2.59 bits per heavy atom. The van der Waals surface area contributed by atoms with Gasteiger partial charge in [0, 0.05) is 49.8 Å². The summed E-state index contributed by atoms with van der Waals surface area (Å²) in [5, 5.41) is 3.12. The van der Waals surface area contributed by atoms with Gasteiger partial charge < -0.3 is 15.6 Å². The third-order valence-electron chi connectivity index (χ3n) is 8.77. The zero-order valence-corrected chi connectivity index (χ0v) is 28.4. The molecule has 0 aliphatic carbocycles. The lowest BCUT2D eigenvalue weighted by Gasteiger charge is -2.31. The summed E-state index contributed by atoms with van der Waals surface area (Å²) in [6.07, 6.45) is 6.84. The molecule has 3 heterocycles. The zero-order valence-electron chi connectivity index (χ0n) is 25.4. The Bertz CT molecular complexity index is 1730. The molecule has 1 fully saturated rings. The molecule has 2 amide bonds. The lowest BCUT2D eigenvalue weighted by Crippen LogP contribution is -2.45. The van der Waals surface area contributed by atoms with Gasteiger partial charge in [0.25, 0.3) is 0 Å². The van der Waals surface area contributed by atoms with Gasteiger partial charge in [0.15, 0.2) is 5.82 Å². The molecule has 0 spiro atoms. The summed E-state index contributed by atoms with van der Waals surface area (Å²) >= 11 is 3.81. The highest BCUT2D eigenvalue weighted by Gasteiger charge is 2.45. The van der Waals surface area contributed by atoms with Gasteiger partial charge in [0.1, 0.15) is 10.6 Å².